The minimum absolute atomic E-state index is 0.231. The van der Waals surface area contributed by atoms with Gasteiger partial charge in [0, 0.05) is 13.3 Å². The highest BCUT2D eigenvalue weighted by atomic mass is 16.5. The van der Waals surface area contributed by atoms with Crippen molar-refractivity contribution in [3.05, 3.63) is 0 Å². The van der Waals surface area contributed by atoms with Gasteiger partial charge in [0.1, 0.15) is 0 Å². The number of nitrogens with zero attached hydrogens (tertiary/aromatic N) is 1. The third-order valence-corrected chi connectivity index (χ3v) is 1.24. The van der Waals surface area contributed by atoms with Gasteiger partial charge in [-0.1, -0.05) is 0 Å². The van der Waals surface area contributed by atoms with Gasteiger partial charge in [-0.05, 0) is 19.3 Å². The third-order valence-electron chi connectivity index (χ3n) is 1.24. The molecule has 11 heavy (non-hydrogen) atoms. The fraction of sp³-hybridized carbons (Fsp3) is 0.750. The van der Waals surface area contributed by atoms with E-state index in [2.05, 4.69) is 6.07 Å². The van der Waals surface area contributed by atoms with E-state index in [9.17, 15) is 4.79 Å². The lowest BCUT2D eigenvalue weighted by molar-refractivity contribution is -0.141. The van der Waals surface area contributed by atoms with Gasteiger partial charge in [0.2, 0.25) is 0 Å². The Kier molecular flexibility index (Phi) is 6.40. The summed E-state index contributed by atoms with van der Waals surface area (Å²) in [5, 5.41) is 8.18. The molecule has 0 aromatic heterocycles. The van der Waals surface area contributed by atoms with Crippen molar-refractivity contribution < 1.29 is 9.53 Å². The first-order chi connectivity index (χ1) is 5.27. The second-order valence-electron chi connectivity index (χ2n) is 2.31. The molecule has 0 fully saturated rings. The zero-order chi connectivity index (χ0) is 8.53. The summed E-state index contributed by atoms with van der Waals surface area (Å²) in [4.78, 5) is 10.3. The van der Waals surface area contributed by atoms with Gasteiger partial charge >= 0.3 is 5.97 Å². The Morgan fingerprint density at radius 3 is 2.73 bits per heavy atom. The van der Waals surface area contributed by atoms with Gasteiger partial charge in [0.25, 0.3) is 0 Å². The van der Waals surface area contributed by atoms with Gasteiger partial charge < -0.3 is 4.74 Å². The van der Waals surface area contributed by atoms with Crippen molar-refractivity contribution in [2.24, 2.45) is 0 Å². The molecule has 0 aliphatic rings. The van der Waals surface area contributed by atoms with Gasteiger partial charge in [0.05, 0.1) is 12.7 Å². The molecular formula is C8H13NO2. The molecule has 0 amide bonds. The van der Waals surface area contributed by atoms with E-state index in [-0.39, 0.29) is 5.97 Å². The maximum atomic E-state index is 10.3. The summed E-state index contributed by atoms with van der Waals surface area (Å²) in [6, 6.07) is 2.06. The van der Waals surface area contributed by atoms with Crippen LogP contribution < -0.4 is 0 Å². The highest BCUT2D eigenvalue weighted by Gasteiger charge is 1.92. The molecule has 0 unspecified atom stereocenters. The van der Waals surface area contributed by atoms with E-state index in [1.807, 2.05) is 0 Å². The van der Waals surface area contributed by atoms with Gasteiger partial charge in [-0.3, -0.25) is 4.79 Å². The average molecular weight is 155 g/mol. The molecule has 0 rings (SSSR count). The highest BCUT2D eigenvalue weighted by Crippen LogP contribution is 1.98. The average Bonchev–Trinajstić information content (AvgIpc) is 1.96. The standard InChI is InChI=1S/C8H13NO2/c1-8(10)11-7-5-3-2-4-6-9/h2-5,7H2,1H3. The van der Waals surface area contributed by atoms with E-state index in [4.69, 9.17) is 10.00 Å². The molecule has 0 aromatic rings. The molecule has 0 N–H and O–H groups in total. The van der Waals surface area contributed by atoms with E-state index in [1.54, 1.807) is 0 Å². The number of carbonyl (C=O) groups excluding carboxylic acids is 1. The number of esters is 1. The van der Waals surface area contributed by atoms with Crippen molar-refractivity contribution in [2.75, 3.05) is 6.61 Å². The van der Waals surface area contributed by atoms with Crippen LogP contribution in [0.1, 0.15) is 32.6 Å². The second-order valence-corrected chi connectivity index (χ2v) is 2.31. The normalized spacial score (nSPS) is 8.73. The molecule has 0 saturated heterocycles. The summed E-state index contributed by atoms with van der Waals surface area (Å²) in [6.07, 6.45) is 3.32. The Bertz CT molecular complexity index is 149. The molecule has 0 aliphatic carbocycles. The van der Waals surface area contributed by atoms with Crippen molar-refractivity contribution >= 4 is 5.97 Å². The van der Waals surface area contributed by atoms with Crippen molar-refractivity contribution in [1.82, 2.24) is 0 Å². The predicted octanol–water partition coefficient (Wildman–Crippen LogP) is 1.63. The van der Waals surface area contributed by atoms with Crippen LogP contribution in [0.5, 0.6) is 0 Å². The Morgan fingerprint density at radius 1 is 1.45 bits per heavy atom. The molecule has 0 bridgehead atoms. The van der Waals surface area contributed by atoms with Crippen LogP contribution in [-0.2, 0) is 9.53 Å². The molecule has 0 spiro atoms. The molecule has 0 radical (unpaired) electrons. The number of rotatable bonds is 5. The van der Waals surface area contributed by atoms with E-state index < -0.39 is 0 Å². The van der Waals surface area contributed by atoms with Crippen LogP contribution in [0.4, 0.5) is 0 Å². The lowest BCUT2D eigenvalue weighted by Crippen LogP contribution is -1.99. The highest BCUT2D eigenvalue weighted by molar-refractivity contribution is 5.65. The smallest absolute Gasteiger partial charge is 0.302 e. The number of ether oxygens (including phenoxy) is 1. The van der Waals surface area contributed by atoms with Gasteiger partial charge in [-0.15, -0.1) is 0 Å². The minimum atomic E-state index is -0.231. The maximum Gasteiger partial charge on any atom is 0.302 e. The monoisotopic (exact) mass is 155 g/mol. The summed E-state index contributed by atoms with van der Waals surface area (Å²) in [5.41, 5.74) is 0. The number of hydrogen-bond acceptors (Lipinski definition) is 3. The molecule has 62 valence electrons. The summed E-state index contributed by atoms with van der Waals surface area (Å²) < 4.78 is 4.70. The molecule has 0 heterocycles. The van der Waals surface area contributed by atoms with Crippen LogP contribution in [-0.4, -0.2) is 12.6 Å². The maximum absolute atomic E-state index is 10.3. The summed E-state index contributed by atoms with van der Waals surface area (Å²) >= 11 is 0. The zero-order valence-electron chi connectivity index (χ0n) is 6.80. The van der Waals surface area contributed by atoms with E-state index in [1.165, 1.54) is 6.92 Å². The number of nitriles is 1. The molecular weight excluding hydrogens is 142 g/mol. The van der Waals surface area contributed by atoms with Crippen LogP contribution in [0, 0.1) is 11.3 Å². The zero-order valence-corrected chi connectivity index (χ0v) is 6.80. The van der Waals surface area contributed by atoms with Crippen LogP contribution in [0.15, 0.2) is 0 Å². The van der Waals surface area contributed by atoms with Crippen molar-refractivity contribution in [3.8, 4) is 6.07 Å². The second kappa shape index (κ2) is 7.07. The van der Waals surface area contributed by atoms with Crippen molar-refractivity contribution in [1.29, 1.82) is 5.26 Å². The topological polar surface area (TPSA) is 50.1 Å². The van der Waals surface area contributed by atoms with Gasteiger partial charge in [-0.25, -0.2) is 0 Å². The van der Waals surface area contributed by atoms with Crippen molar-refractivity contribution in [3.63, 3.8) is 0 Å². The number of carbonyl (C=O) groups is 1. The van der Waals surface area contributed by atoms with E-state index in [0.717, 1.165) is 19.3 Å². The predicted molar refractivity (Wildman–Crippen MR) is 40.7 cm³/mol. The number of unbranched alkanes of at least 4 members (excludes halogenated alkanes) is 3. The first kappa shape index (κ1) is 9.96. The molecule has 3 nitrogen and oxygen atoms in total. The Hall–Kier alpha value is -1.04. The van der Waals surface area contributed by atoms with Gasteiger partial charge in [0.15, 0.2) is 0 Å². The van der Waals surface area contributed by atoms with Crippen LogP contribution in [0.2, 0.25) is 0 Å². The largest absolute Gasteiger partial charge is 0.466 e. The van der Waals surface area contributed by atoms with E-state index >= 15 is 0 Å². The molecule has 0 atom stereocenters. The lowest BCUT2D eigenvalue weighted by atomic mass is 10.2. The minimum Gasteiger partial charge on any atom is -0.466 e. The summed E-state index contributed by atoms with van der Waals surface area (Å²) in [6.45, 7) is 1.88. The fourth-order valence-electron chi connectivity index (χ4n) is 0.699. The first-order valence-corrected chi connectivity index (χ1v) is 3.77. The van der Waals surface area contributed by atoms with Gasteiger partial charge in [-0.2, -0.15) is 5.26 Å². The van der Waals surface area contributed by atoms with Crippen LogP contribution in [0.25, 0.3) is 0 Å². The molecule has 0 saturated carbocycles. The molecule has 0 aromatic carbocycles. The molecule has 0 aliphatic heterocycles. The fourth-order valence-corrected chi connectivity index (χ4v) is 0.699. The van der Waals surface area contributed by atoms with E-state index in [0.29, 0.717) is 13.0 Å². The molecule has 3 heteroatoms. The Balaban J connectivity index is 2.92. The first-order valence-electron chi connectivity index (χ1n) is 3.77. The Morgan fingerprint density at radius 2 is 2.18 bits per heavy atom. The lowest BCUT2D eigenvalue weighted by Gasteiger charge is -1.99. The third kappa shape index (κ3) is 8.96. The van der Waals surface area contributed by atoms with Crippen LogP contribution >= 0.6 is 0 Å². The van der Waals surface area contributed by atoms with Crippen molar-refractivity contribution in [2.45, 2.75) is 32.6 Å². The summed E-state index contributed by atoms with van der Waals surface area (Å²) in [5.74, 6) is -0.231. The number of hydrogen-bond donors (Lipinski definition) is 0. The Labute approximate surface area is 67.0 Å². The quantitative estimate of drug-likeness (QED) is 0.448. The summed E-state index contributed by atoms with van der Waals surface area (Å²) in [7, 11) is 0. The SMILES string of the molecule is CC(=O)OCCCCCC#N. The van der Waals surface area contributed by atoms with Crippen LogP contribution in [0.3, 0.4) is 0 Å².